The Morgan fingerprint density at radius 2 is 2.29 bits per heavy atom. The van der Waals surface area contributed by atoms with Crippen LogP contribution in [0.1, 0.15) is 19.3 Å². The Bertz CT molecular complexity index is 575. The molecule has 5 heteroatoms. The average Bonchev–Trinajstić information content (AvgIpc) is 3.04. The molecule has 0 saturated heterocycles. The van der Waals surface area contributed by atoms with Gasteiger partial charge in [-0.2, -0.15) is 0 Å². The van der Waals surface area contributed by atoms with E-state index < -0.39 is 10.8 Å². The number of nitrogen functional groups attached to an aromatic ring is 1. The molecule has 2 N–H and O–H groups in total. The van der Waals surface area contributed by atoms with E-state index in [-0.39, 0.29) is 0 Å². The van der Waals surface area contributed by atoms with E-state index in [2.05, 4.69) is 4.98 Å². The fourth-order valence-corrected chi connectivity index (χ4v) is 2.89. The van der Waals surface area contributed by atoms with E-state index in [0.717, 1.165) is 12.3 Å². The van der Waals surface area contributed by atoms with Crippen LogP contribution >= 0.6 is 0 Å². The molecule has 0 radical (unpaired) electrons. The second-order valence-corrected chi connectivity index (χ2v) is 5.94. The summed E-state index contributed by atoms with van der Waals surface area (Å²) in [6.45, 7) is 0. The highest BCUT2D eigenvalue weighted by atomic mass is 32.2. The lowest BCUT2D eigenvalue weighted by Gasteiger charge is -1.94. The molecule has 1 aromatic heterocycles. The maximum Gasteiger partial charge on any atom is 0.287 e. The molecule has 4 nitrogen and oxygen atoms in total. The minimum Gasteiger partial charge on any atom is -0.430 e. The van der Waals surface area contributed by atoms with Gasteiger partial charge in [0.15, 0.2) is 5.58 Å². The van der Waals surface area contributed by atoms with E-state index in [9.17, 15) is 4.21 Å². The van der Waals surface area contributed by atoms with Gasteiger partial charge in [0.1, 0.15) is 16.3 Å². The van der Waals surface area contributed by atoms with E-state index in [1.165, 1.54) is 12.8 Å². The lowest BCUT2D eigenvalue weighted by Crippen LogP contribution is -1.99. The Balaban J connectivity index is 1.81. The van der Waals surface area contributed by atoms with Crippen molar-refractivity contribution in [2.24, 2.45) is 5.92 Å². The van der Waals surface area contributed by atoms with Crippen LogP contribution in [0.5, 0.6) is 0 Å². The van der Waals surface area contributed by atoms with Crippen LogP contribution in [0, 0.1) is 5.92 Å². The number of rotatable bonds is 4. The Labute approximate surface area is 102 Å². The number of oxazole rings is 1. The highest BCUT2D eigenvalue weighted by Gasteiger charge is 2.23. The van der Waals surface area contributed by atoms with E-state index in [4.69, 9.17) is 10.2 Å². The van der Waals surface area contributed by atoms with Gasteiger partial charge < -0.3 is 10.2 Å². The Morgan fingerprint density at radius 3 is 3.06 bits per heavy atom. The smallest absolute Gasteiger partial charge is 0.287 e. The molecule has 0 aliphatic heterocycles. The van der Waals surface area contributed by atoms with Gasteiger partial charge in [-0.05, 0) is 24.5 Å². The second-order valence-electron chi connectivity index (χ2n) is 4.49. The quantitative estimate of drug-likeness (QED) is 0.845. The molecule has 1 aromatic carbocycles. The minimum atomic E-state index is -1.12. The average molecular weight is 250 g/mol. The first-order valence-corrected chi connectivity index (χ1v) is 7.09. The molecule has 0 bridgehead atoms. The number of fused-ring (bicyclic) bond motifs is 1. The van der Waals surface area contributed by atoms with Gasteiger partial charge in [0, 0.05) is 17.5 Å². The van der Waals surface area contributed by atoms with E-state index in [0.29, 0.717) is 27.8 Å². The molecule has 1 heterocycles. The van der Waals surface area contributed by atoms with Crippen molar-refractivity contribution in [3.05, 3.63) is 18.2 Å². The van der Waals surface area contributed by atoms with Crippen LogP contribution < -0.4 is 5.73 Å². The van der Waals surface area contributed by atoms with E-state index in [1.807, 2.05) is 0 Å². The molecule has 0 amide bonds. The van der Waals surface area contributed by atoms with Crippen LogP contribution in [-0.4, -0.2) is 14.9 Å². The van der Waals surface area contributed by atoms with Crippen molar-refractivity contribution < 1.29 is 8.63 Å². The normalized spacial score (nSPS) is 17.4. The summed E-state index contributed by atoms with van der Waals surface area (Å²) in [5.74, 6) is 1.42. The third-order valence-corrected chi connectivity index (χ3v) is 4.17. The molecule has 1 saturated carbocycles. The second kappa shape index (κ2) is 4.14. The molecular weight excluding hydrogens is 236 g/mol. The first kappa shape index (κ1) is 10.8. The van der Waals surface area contributed by atoms with Crippen LogP contribution in [0.2, 0.25) is 0 Å². The fourth-order valence-electron chi connectivity index (χ4n) is 1.78. The minimum absolute atomic E-state index is 0.325. The molecule has 1 fully saturated rings. The predicted molar refractivity (Wildman–Crippen MR) is 67.0 cm³/mol. The summed E-state index contributed by atoms with van der Waals surface area (Å²) in [5.41, 5.74) is 7.61. The summed E-state index contributed by atoms with van der Waals surface area (Å²) in [5, 5.41) is 0.325. The maximum absolute atomic E-state index is 12.0. The molecule has 2 aromatic rings. The molecular formula is C12H14N2O2S. The van der Waals surface area contributed by atoms with Gasteiger partial charge in [-0.3, -0.25) is 0 Å². The molecule has 1 aliphatic rings. The zero-order valence-corrected chi connectivity index (χ0v) is 10.2. The number of aromatic nitrogens is 1. The zero-order valence-electron chi connectivity index (χ0n) is 9.39. The SMILES string of the molecule is Nc1ccc2nc(S(=O)CCC3CC3)oc2c1. The molecule has 1 atom stereocenters. The summed E-state index contributed by atoms with van der Waals surface area (Å²) < 4.78 is 17.4. The summed E-state index contributed by atoms with van der Waals surface area (Å²) in [7, 11) is -1.12. The molecule has 90 valence electrons. The summed E-state index contributed by atoms with van der Waals surface area (Å²) in [4.78, 5) is 4.23. The molecule has 0 spiro atoms. The van der Waals surface area contributed by atoms with E-state index in [1.54, 1.807) is 18.2 Å². The number of nitrogens with zero attached hydrogens (tertiary/aromatic N) is 1. The number of hydrogen-bond acceptors (Lipinski definition) is 4. The first-order chi connectivity index (χ1) is 8.22. The van der Waals surface area contributed by atoms with Crippen molar-refractivity contribution in [2.75, 3.05) is 11.5 Å². The number of nitrogens with two attached hydrogens (primary N) is 1. The van der Waals surface area contributed by atoms with Crippen molar-refractivity contribution in [3.8, 4) is 0 Å². The van der Waals surface area contributed by atoms with Crippen molar-refractivity contribution in [1.29, 1.82) is 0 Å². The van der Waals surface area contributed by atoms with Gasteiger partial charge in [0.25, 0.3) is 5.22 Å². The van der Waals surface area contributed by atoms with Gasteiger partial charge in [-0.15, -0.1) is 0 Å². The standard InChI is InChI=1S/C12H14N2O2S/c13-9-3-4-10-11(7-9)16-12(14-10)17(15)6-5-8-1-2-8/h3-4,7-8H,1-2,5-6,13H2. The predicted octanol–water partition coefficient (Wildman–Crippen LogP) is 2.32. The molecule has 1 aliphatic carbocycles. The number of anilines is 1. The fraction of sp³-hybridized carbons (Fsp3) is 0.417. The maximum atomic E-state index is 12.0. The largest absolute Gasteiger partial charge is 0.430 e. The number of benzene rings is 1. The van der Waals surface area contributed by atoms with Crippen molar-refractivity contribution in [3.63, 3.8) is 0 Å². The molecule has 17 heavy (non-hydrogen) atoms. The van der Waals surface area contributed by atoms with E-state index >= 15 is 0 Å². The Hall–Kier alpha value is -1.36. The van der Waals surface area contributed by atoms with Crippen LogP contribution in [-0.2, 0) is 10.8 Å². The van der Waals surface area contributed by atoms with Crippen LogP contribution in [0.15, 0.2) is 27.8 Å². The summed E-state index contributed by atoms with van der Waals surface area (Å²) in [6, 6.07) is 5.27. The Kier molecular flexibility index (Phi) is 2.63. The van der Waals surface area contributed by atoms with Crippen molar-refractivity contribution in [1.82, 2.24) is 4.98 Å². The lowest BCUT2D eigenvalue weighted by molar-refractivity contribution is 0.477. The topological polar surface area (TPSA) is 69.1 Å². The monoisotopic (exact) mass is 250 g/mol. The van der Waals surface area contributed by atoms with Crippen molar-refractivity contribution in [2.45, 2.75) is 24.5 Å². The summed E-state index contributed by atoms with van der Waals surface area (Å²) in [6.07, 6.45) is 3.57. The molecule has 1 unspecified atom stereocenters. The van der Waals surface area contributed by atoms with Gasteiger partial charge in [-0.1, -0.05) is 12.8 Å². The van der Waals surface area contributed by atoms with Gasteiger partial charge >= 0.3 is 0 Å². The lowest BCUT2D eigenvalue weighted by atomic mass is 10.3. The number of hydrogen-bond donors (Lipinski definition) is 1. The van der Waals surface area contributed by atoms with Crippen LogP contribution in [0.3, 0.4) is 0 Å². The highest BCUT2D eigenvalue weighted by Crippen LogP contribution is 2.33. The summed E-state index contributed by atoms with van der Waals surface area (Å²) >= 11 is 0. The third kappa shape index (κ3) is 2.34. The van der Waals surface area contributed by atoms with Crippen LogP contribution in [0.25, 0.3) is 11.1 Å². The zero-order chi connectivity index (χ0) is 11.8. The highest BCUT2D eigenvalue weighted by molar-refractivity contribution is 7.84. The third-order valence-electron chi connectivity index (χ3n) is 3.00. The van der Waals surface area contributed by atoms with Crippen molar-refractivity contribution >= 4 is 27.6 Å². The van der Waals surface area contributed by atoms with Gasteiger partial charge in [-0.25, -0.2) is 9.19 Å². The van der Waals surface area contributed by atoms with Gasteiger partial charge in [0.2, 0.25) is 0 Å². The van der Waals surface area contributed by atoms with Gasteiger partial charge in [0.05, 0.1) is 0 Å². The molecule has 3 rings (SSSR count). The van der Waals surface area contributed by atoms with Crippen LogP contribution in [0.4, 0.5) is 5.69 Å². The Morgan fingerprint density at radius 1 is 1.47 bits per heavy atom. The first-order valence-electron chi connectivity index (χ1n) is 5.77.